The zero-order chi connectivity index (χ0) is 47.2. The molecule has 0 N–H and O–H groups in total. The number of unbranched alkanes of at least 4 members (excludes halogenated alkanes) is 23. The summed E-state index contributed by atoms with van der Waals surface area (Å²) in [5, 5.41) is 0. The Labute approximate surface area is 401 Å². The molecule has 0 aliphatic heterocycles. The molecule has 372 valence electrons. The van der Waals surface area contributed by atoms with Crippen LogP contribution in [0.3, 0.4) is 0 Å². The van der Waals surface area contributed by atoms with Crippen molar-refractivity contribution >= 4 is 17.9 Å². The Morgan fingerprint density at radius 2 is 0.600 bits per heavy atom. The van der Waals surface area contributed by atoms with Crippen molar-refractivity contribution in [3.8, 4) is 0 Å². The van der Waals surface area contributed by atoms with E-state index in [1.165, 1.54) is 96.3 Å². The van der Waals surface area contributed by atoms with Crippen LogP contribution >= 0.6 is 0 Å². The number of carbonyl (C=O) groups is 3. The van der Waals surface area contributed by atoms with Gasteiger partial charge in [0.15, 0.2) is 6.10 Å². The highest BCUT2D eigenvalue weighted by molar-refractivity contribution is 5.71. The molecule has 6 heteroatoms. The number of rotatable bonds is 48. The molecule has 0 aliphatic rings. The van der Waals surface area contributed by atoms with Crippen LogP contribution in [0.5, 0.6) is 0 Å². The average molecular weight is 905 g/mol. The van der Waals surface area contributed by atoms with Crippen molar-refractivity contribution < 1.29 is 28.6 Å². The fraction of sp³-hybridized carbons (Fsp3) is 0.712. The first-order chi connectivity index (χ1) is 32.0. The summed E-state index contributed by atoms with van der Waals surface area (Å²) in [5.41, 5.74) is 0. The van der Waals surface area contributed by atoms with Crippen LogP contribution in [0.4, 0.5) is 0 Å². The minimum atomic E-state index is -0.798. The lowest BCUT2D eigenvalue weighted by molar-refractivity contribution is -0.167. The van der Waals surface area contributed by atoms with E-state index in [4.69, 9.17) is 14.2 Å². The molecule has 0 saturated carbocycles. The summed E-state index contributed by atoms with van der Waals surface area (Å²) in [5.74, 6) is -0.944. The van der Waals surface area contributed by atoms with Gasteiger partial charge < -0.3 is 14.2 Å². The third-order valence-corrected chi connectivity index (χ3v) is 11.4. The van der Waals surface area contributed by atoms with Gasteiger partial charge in [-0.2, -0.15) is 0 Å². The molecule has 1 atom stereocenters. The number of hydrogen-bond donors (Lipinski definition) is 0. The summed E-state index contributed by atoms with van der Waals surface area (Å²) in [4.78, 5) is 38.0. The predicted molar refractivity (Wildman–Crippen MR) is 279 cm³/mol. The zero-order valence-corrected chi connectivity index (χ0v) is 42.5. The lowest BCUT2D eigenvalue weighted by Crippen LogP contribution is -2.30. The van der Waals surface area contributed by atoms with Gasteiger partial charge in [-0.1, -0.05) is 202 Å². The van der Waals surface area contributed by atoms with Crippen LogP contribution in [0.2, 0.25) is 0 Å². The molecular weight excluding hydrogens is 805 g/mol. The van der Waals surface area contributed by atoms with Crippen molar-refractivity contribution in [3.63, 3.8) is 0 Å². The Kier molecular flexibility index (Phi) is 50.4. The van der Waals surface area contributed by atoms with Crippen LogP contribution in [-0.2, 0) is 28.6 Å². The molecule has 0 aromatic heterocycles. The maximum absolute atomic E-state index is 12.8. The summed E-state index contributed by atoms with van der Waals surface area (Å²) in [6.45, 7) is 6.46. The molecule has 0 radical (unpaired) electrons. The van der Waals surface area contributed by atoms with Crippen molar-refractivity contribution in [2.75, 3.05) is 13.2 Å². The number of hydrogen-bond acceptors (Lipinski definition) is 6. The van der Waals surface area contributed by atoms with E-state index < -0.39 is 6.10 Å². The minimum Gasteiger partial charge on any atom is -0.462 e. The van der Waals surface area contributed by atoms with Crippen molar-refractivity contribution in [2.45, 2.75) is 258 Å². The first-order valence-electron chi connectivity index (χ1n) is 27.1. The molecule has 0 aliphatic carbocycles. The SMILES string of the molecule is CC/C=C\C/C=C\C/C=C\C/C=C\C/C=C\CCCCCC(=O)OCC(COC(=O)CCCCCCC/C=C\CCCCC)OC(=O)CCCCCCC/C=C\CCCCCCCCC. The lowest BCUT2D eigenvalue weighted by atomic mass is 10.1. The van der Waals surface area contributed by atoms with Gasteiger partial charge in [0.2, 0.25) is 0 Å². The van der Waals surface area contributed by atoms with Crippen LogP contribution in [0.1, 0.15) is 252 Å². The first-order valence-corrected chi connectivity index (χ1v) is 27.1. The largest absolute Gasteiger partial charge is 0.462 e. The monoisotopic (exact) mass is 905 g/mol. The third-order valence-electron chi connectivity index (χ3n) is 11.4. The second kappa shape index (κ2) is 53.2. The molecule has 0 rings (SSSR count). The highest BCUT2D eigenvalue weighted by Gasteiger charge is 2.19. The number of allylic oxidation sites excluding steroid dienone is 14. The molecule has 0 aromatic rings. The fourth-order valence-corrected chi connectivity index (χ4v) is 7.28. The molecule has 0 heterocycles. The van der Waals surface area contributed by atoms with Gasteiger partial charge >= 0.3 is 17.9 Å². The standard InChI is InChI=1S/C59H100O6/c1-4-7-10-13-16-19-22-25-27-29-30-31-33-34-37-40-43-46-49-52-58(61)64-55-56(54-63-57(60)51-48-45-42-39-36-24-21-18-15-12-9-6-3)65-59(62)53-50-47-44-41-38-35-32-28-26-23-20-17-14-11-8-5-2/h7,10,16,18-19,21,25,27-28,30-32,34,37,56H,4-6,8-9,11-15,17,20,22-24,26,29,33,35-36,38-55H2,1-3H3/b10-7-,19-16-,21-18-,27-25-,31-30-,32-28-,37-34-. The quantitative estimate of drug-likeness (QED) is 0.0262. The zero-order valence-electron chi connectivity index (χ0n) is 42.5. The molecule has 65 heavy (non-hydrogen) atoms. The van der Waals surface area contributed by atoms with Gasteiger partial charge in [-0.25, -0.2) is 0 Å². The third kappa shape index (κ3) is 51.4. The Hall–Kier alpha value is -3.41. The van der Waals surface area contributed by atoms with Gasteiger partial charge in [-0.15, -0.1) is 0 Å². The van der Waals surface area contributed by atoms with Crippen molar-refractivity contribution in [3.05, 3.63) is 85.1 Å². The van der Waals surface area contributed by atoms with Crippen LogP contribution in [0.25, 0.3) is 0 Å². The van der Waals surface area contributed by atoms with Crippen LogP contribution in [0, 0.1) is 0 Å². The topological polar surface area (TPSA) is 78.9 Å². The van der Waals surface area contributed by atoms with Crippen molar-refractivity contribution in [1.29, 1.82) is 0 Å². The van der Waals surface area contributed by atoms with E-state index in [1.807, 2.05) is 0 Å². The number of esters is 3. The van der Waals surface area contributed by atoms with Gasteiger partial charge in [0.05, 0.1) is 0 Å². The van der Waals surface area contributed by atoms with Crippen LogP contribution < -0.4 is 0 Å². The molecule has 6 nitrogen and oxygen atoms in total. The summed E-state index contributed by atoms with van der Waals surface area (Å²) >= 11 is 0. The molecule has 0 aromatic carbocycles. The highest BCUT2D eigenvalue weighted by Crippen LogP contribution is 2.14. The normalized spacial score (nSPS) is 12.7. The summed E-state index contributed by atoms with van der Waals surface area (Å²) in [6, 6.07) is 0. The van der Waals surface area contributed by atoms with Crippen LogP contribution in [0.15, 0.2) is 85.1 Å². The van der Waals surface area contributed by atoms with Crippen molar-refractivity contribution in [2.24, 2.45) is 0 Å². The Bertz CT molecular complexity index is 1270. The first kappa shape index (κ1) is 61.6. The van der Waals surface area contributed by atoms with E-state index in [0.29, 0.717) is 19.3 Å². The maximum Gasteiger partial charge on any atom is 0.306 e. The van der Waals surface area contributed by atoms with Gasteiger partial charge in [0.25, 0.3) is 0 Å². The van der Waals surface area contributed by atoms with E-state index in [0.717, 1.165) is 116 Å². The van der Waals surface area contributed by atoms with E-state index in [1.54, 1.807) is 0 Å². The van der Waals surface area contributed by atoms with E-state index in [-0.39, 0.29) is 31.1 Å². The molecule has 0 fully saturated rings. The number of ether oxygens (including phenoxy) is 3. The highest BCUT2D eigenvalue weighted by atomic mass is 16.6. The number of carbonyl (C=O) groups excluding carboxylic acids is 3. The van der Waals surface area contributed by atoms with Crippen molar-refractivity contribution in [1.82, 2.24) is 0 Å². The van der Waals surface area contributed by atoms with E-state index in [2.05, 4.69) is 106 Å². The summed E-state index contributed by atoms with van der Waals surface area (Å²) in [7, 11) is 0. The minimum absolute atomic E-state index is 0.0951. The van der Waals surface area contributed by atoms with Gasteiger partial charge in [0.1, 0.15) is 13.2 Å². The lowest BCUT2D eigenvalue weighted by Gasteiger charge is -2.18. The summed E-state index contributed by atoms with van der Waals surface area (Å²) in [6.07, 6.45) is 68.5. The van der Waals surface area contributed by atoms with E-state index >= 15 is 0 Å². The molecule has 0 amide bonds. The van der Waals surface area contributed by atoms with Gasteiger partial charge in [-0.05, 0) is 116 Å². The second-order valence-electron chi connectivity index (χ2n) is 17.7. The molecule has 0 saturated heterocycles. The summed E-state index contributed by atoms with van der Waals surface area (Å²) < 4.78 is 16.8. The maximum atomic E-state index is 12.8. The molecular formula is C59H100O6. The van der Waals surface area contributed by atoms with Crippen LogP contribution in [-0.4, -0.2) is 37.2 Å². The predicted octanol–water partition coefficient (Wildman–Crippen LogP) is 18.0. The van der Waals surface area contributed by atoms with Gasteiger partial charge in [-0.3, -0.25) is 14.4 Å². The Balaban J connectivity index is 4.45. The Morgan fingerprint density at radius 1 is 0.323 bits per heavy atom. The molecule has 0 bridgehead atoms. The second-order valence-corrected chi connectivity index (χ2v) is 17.7. The Morgan fingerprint density at radius 3 is 1.00 bits per heavy atom. The van der Waals surface area contributed by atoms with E-state index in [9.17, 15) is 14.4 Å². The molecule has 0 spiro atoms. The fourth-order valence-electron chi connectivity index (χ4n) is 7.28. The smallest absolute Gasteiger partial charge is 0.306 e. The molecule has 1 unspecified atom stereocenters. The van der Waals surface area contributed by atoms with Gasteiger partial charge in [0, 0.05) is 19.3 Å². The average Bonchev–Trinajstić information content (AvgIpc) is 3.30.